The van der Waals surface area contributed by atoms with Crippen molar-refractivity contribution in [2.24, 2.45) is 0 Å². The third-order valence-corrected chi connectivity index (χ3v) is 3.06. The summed E-state index contributed by atoms with van der Waals surface area (Å²) in [6.45, 7) is 6.99. The number of carboxylic acids is 1. The van der Waals surface area contributed by atoms with E-state index in [-0.39, 0.29) is 24.2 Å². The van der Waals surface area contributed by atoms with Crippen molar-refractivity contribution >= 4 is 5.97 Å². The summed E-state index contributed by atoms with van der Waals surface area (Å²) in [5.74, 6) is -0.732. The lowest BCUT2D eigenvalue weighted by atomic mass is 9.81. The number of carbonyl (C=O) groups is 1. The van der Waals surface area contributed by atoms with Crippen LogP contribution in [0.15, 0.2) is 0 Å². The monoisotopic (exact) mass is 229 g/mol. The minimum absolute atomic E-state index is 0.132. The van der Waals surface area contributed by atoms with Crippen LogP contribution in [0.3, 0.4) is 0 Å². The van der Waals surface area contributed by atoms with E-state index in [1.165, 1.54) is 0 Å². The highest BCUT2D eigenvalue weighted by Crippen LogP contribution is 2.31. The van der Waals surface area contributed by atoms with Crippen LogP contribution >= 0.6 is 0 Å². The first-order valence-electron chi connectivity index (χ1n) is 6.10. The Hall–Kier alpha value is -0.610. The van der Waals surface area contributed by atoms with Crippen molar-refractivity contribution in [3.8, 4) is 0 Å². The highest BCUT2D eigenvalue weighted by molar-refractivity contribution is 5.68. The van der Waals surface area contributed by atoms with E-state index in [0.717, 1.165) is 25.8 Å². The van der Waals surface area contributed by atoms with Gasteiger partial charge in [0.25, 0.3) is 0 Å². The van der Waals surface area contributed by atoms with Gasteiger partial charge in [-0.25, -0.2) is 0 Å². The van der Waals surface area contributed by atoms with Crippen molar-refractivity contribution in [2.75, 3.05) is 6.54 Å². The molecule has 94 valence electrons. The zero-order chi connectivity index (χ0) is 12.2. The van der Waals surface area contributed by atoms with Crippen LogP contribution in [0.1, 0.15) is 46.5 Å². The fourth-order valence-electron chi connectivity index (χ4n) is 2.71. The lowest BCUT2D eigenvalue weighted by molar-refractivity contribution is -0.142. The van der Waals surface area contributed by atoms with E-state index in [1.807, 2.05) is 13.8 Å². The Morgan fingerprint density at radius 3 is 2.44 bits per heavy atom. The molecular weight excluding hydrogens is 206 g/mol. The van der Waals surface area contributed by atoms with Crippen LogP contribution in [0.4, 0.5) is 0 Å². The molecule has 1 aliphatic rings. The molecule has 4 heteroatoms. The second kappa shape index (κ2) is 5.64. The topological polar surface area (TPSA) is 58.6 Å². The number of ether oxygens (including phenoxy) is 1. The van der Waals surface area contributed by atoms with Gasteiger partial charge in [-0.3, -0.25) is 4.79 Å². The average molecular weight is 229 g/mol. The molecule has 0 radical (unpaired) electrons. The number of rotatable bonds is 5. The highest BCUT2D eigenvalue weighted by atomic mass is 16.5. The highest BCUT2D eigenvalue weighted by Gasteiger charge is 2.39. The molecule has 0 aromatic carbocycles. The van der Waals surface area contributed by atoms with Crippen molar-refractivity contribution < 1.29 is 14.6 Å². The van der Waals surface area contributed by atoms with Gasteiger partial charge in [0.1, 0.15) is 0 Å². The Balaban J connectivity index is 2.71. The molecule has 2 atom stereocenters. The summed E-state index contributed by atoms with van der Waals surface area (Å²) in [7, 11) is 0. The van der Waals surface area contributed by atoms with E-state index in [0.29, 0.717) is 0 Å². The summed E-state index contributed by atoms with van der Waals surface area (Å²) < 4.78 is 5.67. The molecule has 0 bridgehead atoms. The van der Waals surface area contributed by atoms with E-state index in [1.54, 1.807) is 0 Å². The molecule has 1 heterocycles. The maximum absolute atomic E-state index is 11.0. The van der Waals surface area contributed by atoms with Crippen LogP contribution in [0.2, 0.25) is 0 Å². The molecule has 16 heavy (non-hydrogen) atoms. The van der Waals surface area contributed by atoms with Gasteiger partial charge >= 0.3 is 5.97 Å². The van der Waals surface area contributed by atoms with Gasteiger partial charge in [-0.05, 0) is 39.7 Å². The van der Waals surface area contributed by atoms with Gasteiger partial charge in [0.15, 0.2) is 0 Å². The normalized spacial score (nSPS) is 34.9. The predicted molar refractivity (Wildman–Crippen MR) is 62.5 cm³/mol. The SMILES string of the molecule is CCCNC1(CC(=O)O)CC(C)OC(C)C1. The smallest absolute Gasteiger partial charge is 0.305 e. The van der Waals surface area contributed by atoms with Crippen LogP contribution in [0.25, 0.3) is 0 Å². The van der Waals surface area contributed by atoms with Crippen LogP contribution in [-0.2, 0) is 9.53 Å². The first kappa shape index (κ1) is 13.5. The van der Waals surface area contributed by atoms with Crippen molar-refractivity contribution in [3.63, 3.8) is 0 Å². The Kier molecular flexibility index (Phi) is 4.74. The van der Waals surface area contributed by atoms with Crippen LogP contribution in [0.5, 0.6) is 0 Å². The standard InChI is InChI=1S/C12H23NO3/c1-4-5-13-12(8-11(14)15)6-9(2)16-10(3)7-12/h9-10,13H,4-8H2,1-3H3,(H,14,15). The van der Waals surface area contributed by atoms with Crippen LogP contribution < -0.4 is 5.32 Å². The molecule has 2 unspecified atom stereocenters. The molecule has 1 aliphatic heterocycles. The van der Waals surface area contributed by atoms with Gasteiger partial charge in [-0.2, -0.15) is 0 Å². The Bertz CT molecular complexity index is 232. The maximum atomic E-state index is 11.0. The molecule has 1 saturated heterocycles. The minimum Gasteiger partial charge on any atom is -0.481 e. The van der Waals surface area contributed by atoms with Gasteiger partial charge in [-0.1, -0.05) is 6.92 Å². The van der Waals surface area contributed by atoms with E-state index >= 15 is 0 Å². The number of carboxylic acid groups (broad SMARTS) is 1. The number of nitrogens with one attached hydrogen (secondary N) is 1. The lowest BCUT2D eigenvalue weighted by Crippen LogP contribution is -2.54. The Morgan fingerprint density at radius 2 is 2.00 bits per heavy atom. The third-order valence-electron chi connectivity index (χ3n) is 3.06. The van der Waals surface area contributed by atoms with Crippen molar-refractivity contribution in [1.82, 2.24) is 5.32 Å². The zero-order valence-electron chi connectivity index (χ0n) is 10.5. The fourth-order valence-corrected chi connectivity index (χ4v) is 2.71. The molecule has 0 aliphatic carbocycles. The molecule has 0 spiro atoms. The fraction of sp³-hybridized carbons (Fsp3) is 0.917. The maximum Gasteiger partial charge on any atom is 0.305 e. The van der Waals surface area contributed by atoms with Gasteiger partial charge in [0.05, 0.1) is 18.6 Å². The third kappa shape index (κ3) is 3.76. The molecular formula is C12H23NO3. The van der Waals surface area contributed by atoms with Crippen molar-refractivity contribution in [1.29, 1.82) is 0 Å². The van der Waals surface area contributed by atoms with Gasteiger partial charge in [0, 0.05) is 5.54 Å². The second-order valence-corrected chi connectivity index (χ2v) is 4.94. The summed E-state index contributed by atoms with van der Waals surface area (Å²) in [5, 5.41) is 12.4. The Labute approximate surface area is 97.4 Å². The number of hydrogen-bond donors (Lipinski definition) is 2. The molecule has 4 nitrogen and oxygen atoms in total. The van der Waals surface area contributed by atoms with Gasteiger partial charge in [0.2, 0.25) is 0 Å². The number of aliphatic carboxylic acids is 1. The molecule has 0 saturated carbocycles. The van der Waals surface area contributed by atoms with Crippen molar-refractivity contribution in [2.45, 2.75) is 64.2 Å². The largest absolute Gasteiger partial charge is 0.481 e. The van der Waals surface area contributed by atoms with Gasteiger partial charge < -0.3 is 15.2 Å². The van der Waals surface area contributed by atoms with E-state index < -0.39 is 5.97 Å². The van der Waals surface area contributed by atoms with Crippen molar-refractivity contribution in [3.05, 3.63) is 0 Å². The lowest BCUT2D eigenvalue weighted by Gasteiger charge is -2.43. The van der Waals surface area contributed by atoms with E-state index in [2.05, 4.69) is 12.2 Å². The molecule has 0 amide bonds. The quantitative estimate of drug-likeness (QED) is 0.754. The average Bonchev–Trinajstić information content (AvgIpc) is 2.11. The molecule has 2 N–H and O–H groups in total. The first-order valence-corrected chi connectivity index (χ1v) is 6.10. The summed E-state index contributed by atoms with van der Waals surface area (Å²) in [6, 6.07) is 0. The zero-order valence-corrected chi connectivity index (χ0v) is 10.5. The minimum atomic E-state index is -0.732. The molecule has 0 aromatic heterocycles. The number of hydrogen-bond acceptors (Lipinski definition) is 3. The molecule has 1 rings (SSSR count). The second-order valence-electron chi connectivity index (χ2n) is 4.94. The first-order chi connectivity index (χ1) is 7.47. The van der Waals surface area contributed by atoms with E-state index in [9.17, 15) is 4.79 Å². The van der Waals surface area contributed by atoms with Crippen LogP contribution in [-0.4, -0.2) is 35.4 Å². The summed E-state index contributed by atoms with van der Waals surface area (Å²) in [5.41, 5.74) is -0.279. The summed E-state index contributed by atoms with van der Waals surface area (Å²) in [4.78, 5) is 11.0. The van der Waals surface area contributed by atoms with Gasteiger partial charge in [-0.15, -0.1) is 0 Å². The summed E-state index contributed by atoms with van der Waals surface area (Å²) in [6.07, 6.45) is 3.03. The van der Waals surface area contributed by atoms with E-state index in [4.69, 9.17) is 9.84 Å². The van der Waals surface area contributed by atoms with Crippen LogP contribution in [0, 0.1) is 0 Å². The predicted octanol–water partition coefficient (Wildman–Crippen LogP) is 1.79. The molecule has 0 aromatic rings. The molecule has 1 fully saturated rings. The summed E-state index contributed by atoms with van der Waals surface area (Å²) >= 11 is 0. The Morgan fingerprint density at radius 1 is 1.44 bits per heavy atom.